The number of hydrogen-bond donors (Lipinski definition) is 1. The number of nitrogens with zero attached hydrogens (tertiary/aromatic N) is 2. The molecule has 0 aliphatic carbocycles. The predicted octanol–water partition coefficient (Wildman–Crippen LogP) is 0.614. The summed E-state index contributed by atoms with van der Waals surface area (Å²) in [4.78, 5) is 2.47. The van der Waals surface area contributed by atoms with Crippen molar-refractivity contribution >= 4 is 10.0 Å². The minimum absolute atomic E-state index is 0.109. The van der Waals surface area contributed by atoms with Gasteiger partial charge in [-0.25, -0.2) is 8.42 Å². The van der Waals surface area contributed by atoms with E-state index in [9.17, 15) is 8.42 Å². The summed E-state index contributed by atoms with van der Waals surface area (Å²) in [5.74, 6) is 0.251. The quantitative estimate of drug-likeness (QED) is 0.753. The molecule has 0 aromatic heterocycles. The number of piperidine rings is 1. The Hall–Kier alpha value is -0.170. The Labute approximate surface area is 117 Å². The van der Waals surface area contributed by atoms with E-state index in [1.165, 1.54) is 12.8 Å². The van der Waals surface area contributed by atoms with Gasteiger partial charge in [-0.1, -0.05) is 6.42 Å². The molecule has 2 N–H and O–H groups in total. The second-order valence-corrected chi connectivity index (χ2v) is 7.92. The SMILES string of the molecule is CC1CN2CCCCC2CN1S(=O)(=O)CCCCN. The molecule has 0 amide bonds. The van der Waals surface area contributed by atoms with Gasteiger partial charge >= 0.3 is 0 Å². The van der Waals surface area contributed by atoms with Crippen LogP contribution in [0.2, 0.25) is 0 Å². The molecule has 2 saturated heterocycles. The number of hydrogen-bond acceptors (Lipinski definition) is 4. The molecule has 0 spiro atoms. The second-order valence-electron chi connectivity index (χ2n) is 5.88. The fraction of sp³-hybridized carbons (Fsp3) is 1.00. The van der Waals surface area contributed by atoms with E-state index in [-0.39, 0.29) is 11.8 Å². The summed E-state index contributed by atoms with van der Waals surface area (Å²) in [7, 11) is -3.10. The molecule has 0 saturated carbocycles. The number of nitrogens with two attached hydrogens (primary N) is 1. The maximum absolute atomic E-state index is 12.4. The van der Waals surface area contributed by atoms with Crippen molar-refractivity contribution in [3.05, 3.63) is 0 Å². The molecule has 6 heteroatoms. The summed E-state index contributed by atoms with van der Waals surface area (Å²) in [5.41, 5.74) is 5.44. The van der Waals surface area contributed by atoms with E-state index in [0.29, 0.717) is 25.6 Å². The molecule has 2 rings (SSSR count). The van der Waals surface area contributed by atoms with Crippen molar-refractivity contribution in [2.45, 2.75) is 51.1 Å². The van der Waals surface area contributed by atoms with E-state index in [2.05, 4.69) is 4.90 Å². The standard InChI is InChI=1S/C13H27N3O2S/c1-12-10-15-8-4-2-6-13(15)11-16(12)19(17,18)9-5-3-7-14/h12-13H,2-11,14H2,1H3. The van der Waals surface area contributed by atoms with Crippen LogP contribution in [0.1, 0.15) is 39.0 Å². The molecule has 2 fully saturated rings. The van der Waals surface area contributed by atoms with E-state index in [1.54, 1.807) is 4.31 Å². The van der Waals surface area contributed by atoms with Crippen LogP contribution in [0.25, 0.3) is 0 Å². The van der Waals surface area contributed by atoms with E-state index in [4.69, 9.17) is 5.73 Å². The number of sulfonamides is 1. The van der Waals surface area contributed by atoms with Gasteiger partial charge in [0, 0.05) is 25.2 Å². The zero-order chi connectivity index (χ0) is 13.9. The van der Waals surface area contributed by atoms with Crippen LogP contribution >= 0.6 is 0 Å². The van der Waals surface area contributed by atoms with Crippen molar-refractivity contribution in [1.29, 1.82) is 0 Å². The molecule has 0 aromatic carbocycles. The van der Waals surface area contributed by atoms with Crippen molar-refractivity contribution < 1.29 is 8.42 Å². The molecule has 19 heavy (non-hydrogen) atoms. The minimum Gasteiger partial charge on any atom is -0.330 e. The number of rotatable bonds is 5. The van der Waals surface area contributed by atoms with Gasteiger partial charge in [0.2, 0.25) is 10.0 Å². The number of piperazine rings is 1. The van der Waals surface area contributed by atoms with E-state index >= 15 is 0 Å². The van der Waals surface area contributed by atoms with Crippen LogP contribution in [0.3, 0.4) is 0 Å². The largest absolute Gasteiger partial charge is 0.330 e. The summed E-state index contributed by atoms with van der Waals surface area (Å²) in [6, 6.07) is 0.548. The maximum Gasteiger partial charge on any atom is 0.214 e. The molecule has 5 nitrogen and oxygen atoms in total. The Kier molecular flexibility index (Phi) is 5.22. The number of unbranched alkanes of at least 4 members (excludes halogenated alkanes) is 1. The molecule has 2 heterocycles. The Bertz CT molecular complexity index is 385. The lowest BCUT2D eigenvalue weighted by Gasteiger charge is -2.46. The number of fused-ring (bicyclic) bond motifs is 1. The molecular weight excluding hydrogens is 262 g/mol. The molecule has 2 aliphatic rings. The molecule has 2 unspecified atom stereocenters. The first-order valence-corrected chi connectivity index (χ1v) is 9.09. The van der Waals surface area contributed by atoms with Gasteiger partial charge < -0.3 is 5.73 Å². The average molecular weight is 289 g/mol. The average Bonchev–Trinajstić information content (AvgIpc) is 2.38. The first-order valence-electron chi connectivity index (χ1n) is 7.48. The third kappa shape index (κ3) is 3.68. The molecule has 2 aliphatic heterocycles. The smallest absolute Gasteiger partial charge is 0.214 e. The molecule has 0 radical (unpaired) electrons. The third-order valence-electron chi connectivity index (χ3n) is 4.34. The van der Waals surface area contributed by atoms with Gasteiger partial charge in [0.1, 0.15) is 0 Å². The molecule has 112 valence electrons. The maximum atomic E-state index is 12.4. The third-order valence-corrected chi connectivity index (χ3v) is 6.37. The molecule has 0 bridgehead atoms. The first kappa shape index (κ1) is 15.2. The summed E-state index contributed by atoms with van der Waals surface area (Å²) in [5, 5.41) is 0. The minimum atomic E-state index is -3.10. The van der Waals surface area contributed by atoms with Crippen molar-refractivity contribution in [2.24, 2.45) is 5.73 Å². The first-order chi connectivity index (χ1) is 9.04. The van der Waals surface area contributed by atoms with Gasteiger partial charge in [-0.15, -0.1) is 0 Å². The van der Waals surface area contributed by atoms with Crippen LogP contribution in [0.4, 0.5) is 0 Å². The molecular formula is C13H27N3O2S. The Balaban J connectivity index is 1.98. The summed E-state index contributed by atoms with van der Waals surface area (Å²) >= 11 is 0. The lowest BCUT2D eigenvalue weighted by Crippen LogP contribution is -2.60. The zero-order valence-electron chi connectivity index (χ0n) is 11.9. The van der Waals surface area contributed by atoms with Gasteiger partial charge in [0.05, 0.1) is 5.75 Å². The van der Waals surface area contributed by atoms with Gasteiger partial charge in [-0.05, 0) is 45.7 Å². The Morgan fingerprint density at radius 2 is 2.00 bits per heavy atom. The van der Waals surface area contributed by atoms with Crippen LogP contribution in [-0.2, 0) is 10.0 Å². The molecule has 2 atom stereocenters. The lowest BCUT2D eigenvalue weighted by atomic mass is 9.99. The Morgan fingerprint density at radius 1 is 1.21 bits per heavy atom. The van der Waals surface area contributed by atoms with Crippen LogP contribution in [0.5, 0.6) is 0 Å². The van der Waals surface area contributed by atoms with Gasteiger partial charge in [0.25, 0.3) is 0 Å². The summed E-state index contributed by atoms with van der Waals surface area (Å²) in [6.07, 6.45) is 5.10. The highest BCUT2D eigenvalue weighted by Crippen LogP contribution is 2.26. The van der Waals surface area contributed by atoms with Gasteiger partial charge in [-0.3, -0.25) is 4.90 Å². The predicted molar refractivity (Wildman–Crippen MR) is 77.5 cm³/mol. The van der Waals surface area contributed by atoms with Crippen molar-refractivity contribution in [3.8, 4) is 0 Å². The lowest BCUT2D eigenvalue weighted by molar-refractivity contribution is 0.0564. The van der Waals surface area contributed by atoms with Gasteiger partial charge in [-0.2, -0.15) is 4.31 Å². The monoisotopic (exact) mass is 289 g/mol. The van der Waals surface area contributed by atoms with Crippen molar-refractivity contribution in [3.63, 3.8) is 0 Å². The van der Waals surface area contributed by atoms with Crippen molar-refractivity contribution in [2.75, 3.05) is 31.9 Å². The summed E-state index contributed by atoms with van der Waals surface area (Å²) < 4.78 is 26.6. The Morgan fingerprint density at radius 3 is 2.74 bits per heavy atom. The van der Waals surface area contributed by atoms with Crippen molar-refractivity contribution in [1.82, 2.24) is 9.21 Å². The topological polar surface area (TPSA) is 66.6 Å². The summed E-state index contributed by atoms with van der Waals surface area (Å²) in [6.45, 7) is 5.32. The second kappa shape index (κ2) is 6.52. The van der Waals surface area contributed by atoms with Gasteiger partial charge in [0.15, 0.2) is 0 Å². The van der Waals surface area contributed by atoms with Crippen LogP contribution in [-0.4, -0.2) is 61.6 Å². The zero-order valence-corrected chi connectivity index (χ0v) is 12.7. The highest BCUT2D eigenvalue weighted by molar-refractivity contribution is 7.89. The fourth-order valence-corrected chi connectivity index (χ4v) is 5.08. The van der Waals surface area contributed by atoms with Crippen LogP contribution in [0.15, 0.2) is 0 Å². The highest BCUT2D eigenvalue weighted by Gasteiger charge is 2.38. The van der Waals surface area contributed by atoms with Crippen LogP contribution in [0, 0.1) is 0 Å². The highest BCUT2D eigenvalue weighted by atomic mass is 32.2. The van der Waals surface area contributed by atoms with E-state index < -0.39 is 10.0 Å². The van der Waals surface area contributed by atoms with Crippen LogP contribution < -0.4 is 5.73 Å². The molecule has 0 aromatic rings. The normalized spacial score (nSPS) is 30.2. The fourth-order valence-electron chi connectivity index (χ4n) is 3.26. The van der Waals surface area contributed by atoms with E-state index in [0.717, 1.165) is 25.9 Å². The van der Waals surface area contributed by atoms with E-state index in [1.807, 2.05) is 6.92 Å².